The number of amides is 2. The minimum absolute atomic E-state index is 0. The first-order chi connectivity index (χ1) is 22.8. The van der Waals surface area contributed by atoms with Gasteiger partial charge in [-0.25, -0.2) is 22.7 Å². The standard InChI is InChI=1S/C36H60N4O6S.HI/c1-3-4-5-6-7-8-9-10-11-12-13-14-15-16-17-20-26-37-35(41)46-31-33(39-36(42)45-2)30-38-47(43,44)29-22-28-40-27-21-24-32-23-18-19-25-34(32)40;/h18-19,21,23-25,27,33,38H,3-17,20,22,26,28-31H2,1-2H3,(H-,37,39,41,42);1H. The smallest absolute Gasteiger partial charge is 0.407 e. The molecule has 3 N–H and O–H groups in total. The molecule has 0 aliphatic rings. The van der Waals surface area contributed by atoms with Gasteiger partial charge in [0, 0.05) is 37.0 Å². The first-order valence-electron chi connectivity index (χ1n) is 17.9. The average molecular weight is 805 g/mol. The Morgan fingerprint density at radius 2 is 1.33 bits per heavy atom. The summed E-state index contributed by atoms with van der Waals surface area (Å²) >= 11 is 0. The van der Waals surface area contributed by atoms with Gasteiger partial charge in [0.25, 0.3) is 0 Å². The fourth-order valence-electron chi connectivity index (χ4n) is 5.61. The fraction of sp³-hybridized carbons (Fsp3) is 0.694. The number of methoxy groups -OCH3 is 1. The van der Waals surface area contributed by atoms with E-state index in [0.717, 1.165) is 30.2 Å². The molecule has 1 heterocycles. The normalized spacial score (nSPS) is 11.9. The van der Waals surface area contributed by atoms with E-state index in [2.05, 4.69) is 27.0 Å². The SMILES string of the molecule is CCCCCCCCCCCCCCCCCCNC(=O)OCC(CNS(=O)(=O)CCC[n+]1cccc2ccccc21)NC(=O)OC.[I-]. The number of alkyl carbamates (subject to hydrolysis) is 2. The van der Waals surface area contributed by atoms with E-state index in [1.54, 1.807) is 0 Å². The van der Waals surface area contributed by atoms with Crippen molar-refractivity contribution in [2.45, 2.75) is 129 Å². The lowest BCUT2D eigenvalue weighted by Gasteiger charge is -2.19. The van der Waals surface area contributed by atoms with Crippen LogP contribution in [0.2, 0.25) is 0 Å². The topological polar surface area (TPSA) is 127 Å². The number of pyridine rings is 1. The van der Waals surface area contributed by atoms with Crippen molar-refractivity contribution in [3.05, 3.63) is 42.6 Å². The van der Waals surface area contributed by atoms with Crippen LogP contribution in [-0.4, -0.2) is 59.2 Å². The molecule has 0 radical (unpaired) electrons. The third-order valence-corrected chi connectivity index (χ3v) is 9.80. The van der Waals surface area contributed by atoms with Gasteiger partial charge in [-0.1, -0.05) is 115 Å². The van der Waals surface area contributed by atoms with Gasteiger partial charge >= 0.3 is 12.2 Å². The number of benzene rings is 1. The van der Waals surface area contributed by atoms with E-state index in [9.17, 15) is 18.0 Å². The second-order valence-corrected chi connectivity index (χ2v) is 14.4. The number of carbonyl (C=O) groups is 2. The number of fused-ring (bicyclic) bond motifs is 1. The van der Waals surface area contributed by atoms with Crippen LogP contribution in [0.5, 0.6) is 0 Å². The highest BCUT2D eigenvalue weighted by molar-refractivity contribution is 7.89. The van der Waals surface area contributed by atoms with Gasteiger partial charge in [-0.2, -0.15) is 4.57 Å². The first kappa shape index (κ1) is 43.8. The maximum absolute atomic E-state index is 12.7. The zero-order valence-corrected chi connectivity index (χ0v) is 32.3. The fourth-order valence-corrected chi connectivity index (χ4v) is 6.72. The summed E-state index contributed by atoms with van der Waals surface area (Å²) in [6.45, 7) is 2.97. The zero-order chi connectivity index (χ0) is 34.0. The van der Waals surface area contributed by atoms with Gasteiger partial charge in [0.05, 0.1) is 18.9 Å². The number of hydrogen-bond acceptors (Lipinski definition) is 6. The lowest BCUT2D eigenvalue weighted by molar-refractivity contribution is -0.671. The molecule has 2 rings (SSSR count). The minimum atomic E-state index is -3.63. The predicted molar refractivity (Wildman–Crippen MR) is 189 cm³/mol. The number of carbonyl (C=O) groups excluding carboxylic acids is 2. The summed E-state index contributed by atoms with van der Waals surface area (Å²) in [5, 5.41) is 6.35. The molecule has 0 aliphatic heterocycles. The van der Waals surface area contributed by atoms with Crippen molar-refractivity contribution in [3.8, 4) is 0 Å². The largest absolute Gasteiger partial charge is 1.00 e. The van der Waals surface area contributed by atoms with E-state index < -0.39 is 28.3 Å². The summed E-state index contributed by atoms with van der Waals surface area (Å²) in [5.41, 5.74) is 1.04. The highest BCUT2D eigenvalue weighted by atomic mass is 127. The molecule has 0 fully saturated rings. The molecule has 274 valence electrons. The van der Waals surface area contributed by atoms with Crippen molar-refractivity contribution in [2.24, 2.45) is 0 Å². The number of aryl methyl sites for hydroxylation is 1. The summed E-state index contributed by atoms with van der Waals surface area (Å²) in [7, 11) is -2.42. The number of rotatable bonds is 27. The van der Waals surface area contributed by atoms with Crippen LogP contribution in [0, 0.1) is 0 Å². The molecule has 1 unspecified atom stereocenters. The van der Waals surface area contributed by atoms with Crippen molar-refractivity contribution >= 4 is 33.1 Å². The predicted octanol–water partition coefficient (Wildman–Crippen LogP) is 4.15. The molecule has 0 aliphatic carbocycles. The molecule has 0 bridgehead atoms. The molecule has 1 aromatic carbocycles. The summed E-state index contributed by atoms with van der Waals surface area (Å²) in [5.74, 6) is -0.0885. The third-order valence-electron chi connectivity index (χ3n) is 8.37. The van der Waals surface area contributed by atoms with E-state index in [1.807, 2.05) is 47.2 Å². The van der Waals surface area contributed by atoms with Crippen LogP contribution in [0.1, 0.15) is 116 Å². The number of sulfonamides is 1. The molecular formula is C36H61IN4O6S. The number of unbranched alkanes of at least 4 members (excludes halogenated alkanes) is 15. The maximum Gasteiger partial charge on any atom is 0.407 e. The summed E-state index contributed by atoms with van der Waals surface area (Å²) in [6.07, 6.45) is 21.6. The number of ether oxygens (including phenoxy) is 2. The molecule has 1 aromatic heterocycles. The Morgan fingerprint density at radius 1 is 0.771 bits per heavy atom. The molecular weight excluding hydrogens is 743 g/mol. The molecule has 48 heavy (non-hydrogen) atoms. The Balaban J connectivity index is 0.0000115. The molecule has 0 saturated carbocycles. The second-order valence-electron chi connectivity index (χ2n) is 12.4. The van der Waals surface area contributed by atoms with E-state index in [1.165, 1.54) is 90.6 Å². The Bertz CT molecular complexity index is 1240. The van der Waals surface area contributed by atoms with Crippen LogP contribution in [0.4, 0.5) is 9.59 Å². The van der Waals surface area contributed by atoms with E-state index in [4.69, 9.17) is 4.74 Å². The molecule has 12 heteroatoms. The highest BCUT2D eigenvalue weighted by Gasteiger charge is 2.20. The quantitative estimate of drug-likeness (QED) is 0.0709. The Labute approximate surface area is 307 Å². The van der Waals surface area contributed by atoms with Gasteiger partial charge < -0.3 is 44.1 Å². The van der Waals surface area contributed by atoms with Crippen LogP contribution >= 0.6 is 0 Å². The highest BCUT2D eigenvalue weighted by Crippen LogP contribution is 2.14. The van der Waals surface area contributed by atoms with Gasteiger partial charge in [0.2, 0.25) is 15.5 Å². The number of hydrogen-bond donors (Lipinski definition) is 3. The molecule has 2 aromatic rings. The van der Waals surface area contributed by atoms with Crippen LogP contribution in [-0.2, 0) is 26.0 Å². The maximum atomic E-state index is 12.7. The Morgan fingerprint density at radius 3 is 1.94 bits per heavy atom. The summed E-state index contributed by atoms with van der Waals surface area (Å²) < 4.78 is 39.8. The molecule has 0 spiro atoms. The van der Waals surface area contributed by atoms with Crippen LogP contribution < -0.4 is 43.9 Å². The van der Waals surface area contributed by atoms with Gasteiger partial charge in [0.1, 0.15) is 13.2 Å². The molecule has 1 atom stereocenters. The lowest BCUT2D eigenvalue weighted by atomic mass is 10.0. The van der Waals surface area contributed by atoms with E-state index in [0.29, 0.717) is 19.5 Å². The summed E-state index contributed by atoms with van der Waals surface area (Å²) in [6, 6.07) is 11.1. The zero-order valence-electron chi connectivity index (χ0n) is 29.4. The van der Waals surface area contributed by atoms with Gasteiger partial charge in [0.15, 0.2) is 6.20 Å². The third kappa shape index (κ3) is 21.0. The van der Waals surface area contributed by atoms with Crippen molar-refractivity contribution in [1.82, 2.24) is 15.4 Å². The number of para-hydroxylation sites is 1. The van der Waals surface area contributed by atoms with E-state index in [-0.39, 0.29) is 42.9 Å². The Kier molecular flexibility index (Phi) is 25.2. The monoisotopic (exact) mass is 804 g/mol. The lowest BCUT2D eigenvalue weighted by Crippen LogP contribution is -3.00. The molecule has 2 amide bonds. The van der Waals surface area contributed by atoms with Crippen molar-refractivity contribution in [1.29, 1.82) is 0 Å². The summed E-state index contributed by atoms with van der Waals surface area (Å²) in [4.78, 5) is 24.0. The van der Waals surface area contributed by atoms with E-state index >= 15 is 0 Å². The van der Waals surface area contributed by atoms with Crippen molar-refractivity contribution in [3.63, 3.8) is 0 Å². The van der Waals surface area contributed by atoms with Crippen LogP contribution in [0.3, 0.4) is 0 Å². The minimum Gasteiger partial charge on any atom is -1.00 e. The van der Waals surface area contributed by atoms with Crippen LogP contribution in [0.15, 0.2) is 42.6 Å². The van der Waals surface area contributed by atoms with Gasteiger partial charge in [-0.05, 0) is 18.6 Å². The van der Waals surface area contributed by atoms with Crippen molar-refractivity contribution < 1.29 is 56.0 Å². The van der Waals surface area contributed by atoms with Gasteiger partial charge in [-0.3, -0.25) is 0 Å². The number of nitrogens with zero attached hydrogens (tertiary/aromatic N) is 1. The van der Waals surface area contributed by atoms with Crippen LogP contribution in [0.25, 0.3) is 10.9 Å². The van der Waals surface area contributed by atoms with Crippen molar-refractivity contribution in [2.75, 3.05) is 32.6 Å². The molecule has 0 saturated heterocycles. The number of nitrogens with one attached hydrogen (secondary N) is 3. The molecule has 10 nitrogen and oxygen atoms in total. The number of halogens is 1. The average Bonchev–Trinajstić information content (AvgIpc) is 3.07. The second kappa shape index (κ2) is 27.6. The Hall–Kier alpha value is -2.19. The number of aromatic nitrogens is 1. The first-order valence-corrected chi connectivity index (χ1v) is 19.6. The van der Waals surface area contributed by atoms with Gasteiger partial charge in [-0.15, -0.1) is 0 Å².